The van der Waals surface area contributed by atoms with E-state index in [1.54, 1.807) is 19.0 Å². The summed E-state index contributed by atoms with van der Waals surface area (Å²) < 4.78 is 5.62. The van der Waals surface area contributed by atoms with Crippen molar-refractivity contribution in [2.45, 2.75) is 50.9 Å². The van der Waals surface area contributed by atoms with Gasteiger partial charge in [0.25, 0.3) is 0 Å². The Kier molecular flexibility index (Phi) is 7.51. The van der Waals surface area contributed by atoms with Gasteiger partial charge in [-0.2, -0.15) is 11.8 Å². The van der Waals surface area contributed by atoms with Crippen molar-refractivity contribution in [3.05, 3.63) is 0 Å². The number of nitrogens with zero attached hydrogens (tertiary/aromatic N) is 2. The molecule has 1 atom stereocenters. The van der Waals surface area contributed by atoms with E-state index in [1.165, 1.54) is 18.6 Å². The van der Waals surface area contributed by atoms with Crippen molar-refractivity contribution < 1.29 is 9.53 Å². The smallest absolute Gasteiger partial charge is 0.410 e. The molecule has 1 aliphatic rings. The molecule has 0 radical (unpaired) electrons. The molecule has 7 heteroatoms. The average Bonchev–Trinajstić information content (AvgIpc) is 2.87. The Bertz CT molecular complexity index is 415. The first-order valence-corrected chi connectivity index (χ1v) is 9.16. The Labute approximate surface area is 144 Å². The van der Waals surface area contributed by atoms with Gasteiger partial charge >= 0.3 is 6.09 Å². The number of nitrogens with one attached hydrogen (secondary N) is 2. The molecule has 0 spiro atoms. The fraction of sp³-hybridized carbons (Fsp3) is 0.875. The van der Waals surface area contributed by atoms with Crippen molar-refractivity contribution in [1.29, 1.82) is 0 Å². The minimum atomic E-state index is -0.468. The van der Waals surface area contributed by atoms with E-state index in [4.69, 9.17) is 4.74 Å². The first kappa shape index (κ1) is 19.9. The molecule has 1 rings (SSSR count). The minimum Gasteiger partial charge on any atom is -0.444 e. The van der Waals surface area contributed by atoms with Crippen molar-refractivity contribution >= 4 is 23.8 Å². The molecule has 1 amide bonds. The lowest BCUT2D eigenvalue weighted by molar-refractivity contribution is 0.0302. The topological polar surface area (TPSA) is 66.0 Å². The number of hydrogen-bond acceptors (Lipinski definition) is 4. The van der Waals surface area contributed by atoms with Crippen LogP contribution in [0.1, 0.15) is 40.5 Å². The van der Waals surface area contributed by atoms with E-state index < -0.39 is 5.60 Å². The number of ether oxygens (including phenoxy) is 1. The van der Waals surface area contributed by atoms with Crippen LogP contribution in [0.15, 0.2) is 4.99 Å². The lowest BCUT2D eigenvalue weighted by atomic mass is 10.1. The molecule has 6 nitrogen and oxygen atoms in total. The molecule has 0 saturated carbocycles. The summed E-state index contributed by atoms with van der Waals surface area (Å²) in [4.78, 5) is 17.7. The van der Waals surface area contributed by atoms with Crippen molar-refractivity contribution in [1.82, 2.24) is 15.5 Å². The van der Waals surface area contributed by atoms with Crippen LogP contribution in [0.5, 0.6) is 0 Å². The maximum atomic E-state index is 11.9. The van der Waals surface area contributed by atoms with Crippen molar-refractivity contribution in [3.8, 4) is 0 Å². The molecule has 1 fully saturated rings. The first-order chi connectivity index (χ1) is 10.7. The van der Waals surface area contributed by atoms with Crippen molar-refractivity contribution in [2.75, 3.05) is 39.5 Å². The van der Waals surface area contributed by atoms with Gasteiger partial charge in [-0.05, 0) is 46.3 Å². The normalized spacial score (nSPS) is 21.9. The molecule has 0 aliphatic carbocycles. The third-order valence-corrected chi connectivity index (χ3v) is 5.14. The summed E-state index contributed by atoms with van der Waals surface area (Å²) in [5.74, 6) is 2.02. The lowest BCUT2D eigenvalue weighted by Crippen LogP contribution is -2.46. The number of carbonyl (C=O) groups excluding carboxylic acids is 1. The number of thioether (sulfide) groups is 1. The van der Waals surface area contributed by atoms with Crippen LogP contribution in [0.2, 0.25) is 0 Å². The van der Waals surface area contributed by atoms with Crippen LogP contribution in [-0.2, 0) is 4.74 Å². The van der Waals surface area contributed by atoms with Crippen molar-refractivity contribution in [3.63, 3.8) is 0 Å². The predicted octanol–water partition coefficient (Wildman–Crippen LogP) is 2.30. The number of aliphatic imine (C=N–C) groups is 1. The van der Waals surface area contributed by atoms with Crippen LogP contribution >= 0.6 is 11.8 Å². The fourth-order valence-electron chi connectivity index (χ4n) is 2.24. The minimum absolute atomic E-state index is 0.297. The van der Waals surface area contributed by atoms with Crippen LogP contribution in [-0.4, -0.2) is 66.8 Å². The summed E-state index contributed by atoms with van der Waals surface area (Å²) in [6, 6.07) is 0. The molecule has 0 aromatic heterocycles. The highest BCUT2D eigenvalue weighted by molar-refractivity contribution is 8.00. The van der Waals surface area contributed by atoms with Gasteiger partial charge in [-0.25, -0.2) is 4.79 Å². The van der Waals surface area contributed by atoms with Gasteiger partial charge in [0, 0.05) is 38.5 Å². The molecule has 1 heterocycles. The number of guanidine groups is 1. The monoisotopic (exact) mass is 344 g/mol. The summed E-state index contributed by atoms with van der Waals surface area (Å²) in [5, 5.41) is 6.62. The summed E-state index contributed by atoms with van der Waals surface area (Å²) in [6.45, 7) is 9.97. The average molecular weight is 345 g/mol. The summed E-state index contributed by atoms with van der Waals surface area (Å²) in [5.41, 5.74) is -0.468. The third-order valence-electron chi connectivity index (χ3n) is 3.60. The van der Waals surface area contributed by atoms with Gasteiger partial charge in [0.2, 0.25) is 0 Å². The van der Waals surface area contributed by atoms with E-state index in [0.717, 1.165) is 12.5 Å². The lowest BCUT2D eigenvalue weighted by Gasteiger charge is -2.26. The highest BCUT2D eigenvalue weighted by atomic mass is 32.2. The molecular formula is C16H32N4O2S. The number of likely N-dealkylation sites (N-methyl/N-ethyl adjacent to an activating group) is 1. The molecule has 1 saturated heterocycles. The van der Waals surface area contributed by atoms with Gasteiger partial charge in [-0.3, -0.25) is 4.99 Å². The number of hydrogen-bond donors (Lipinski definition) is 2. The van der Waals surface area contributed by atoms with Gasteiger partial charge in [-0.1, -0.05) is 0 Å². The van der Waals surface area contributed by atoms with Crippen LogP contribution in [0.25, 0.3) is 0 Å². The highest BCUT2D eigenvalue weighted by Crippen LogP contribution is 2.36. The predicted molar refractivity (Wildman–Crippen MR) is 98.3 cm³/mol. The van der Waals surface area contributed by atoms with Crippen LogP contribution in [0.3, 0.4) is 0 Å². The Balaban J connectivity index is 2.28. The van der Waals surface area contributed by atoms with Crippen LogP contribution < -0.4 is 10.6 Å². The second-order valence-electron chi connectivity index (χ2n) is 7.16. The van der Waals surface area contributed by atoms with E-state index in [9.17, 15) is 4.79 Å². The molecular weight excluding hydrogens is 312 g/mol. The molecule has 23 heavy (non-hydrogen) atoms. The number of rotatable bonds is 5. The van der Waals surface area contributed by atoms with E-state index in [0.29, 0.717) is 17.8 Å². The van der Waals surface area contributed by atoms with E-state index in [2.05, 4.69) is 22.5 Å². The van der Waals surface area contributed by atoms with Crippen molar-refractivity contribution in [2.24, 2.45) is 4.99 Å². The zero-order valence-electron chi connectivity index (χ0n) is 15.4. The zero-order chi connectivity index (χ0) is 17.5. The standard InChI is InChI=1S/C16H32N4O2S/c1-15(2,3)22-14(21)20(6)10-9-18-13(17-5)19-12-16(4)8-7-11-23-16/h7-12H2,1-6H3,(H2,17,18,19). The third kappa shape index (κ3) is 7.81. The zero-order valence-corrected chi connectivity index (χ0v) is 16.2. The molecule has 1 aliphatic heterocycles. The highest BCUT2D eigenvalue weighted by Gasteiger charge is 2.29. The molecule has 0 aromatic rings. The van der Waals surface area contributed by atoms with Gasteiger partial charge in [0.15, 0.2) is 5.96 Å². The van der Waals surface area contributed by atoms with Crippen LogP contribution in [0, 0.1) is 0 Å². The molecule has 0 bridgehead atoms. The second kappa shape index (κ2) is 8.66. The van der Waals surface area contributed by atoms with E-state index in [-0.39, 0.29) is 6.09 Å². The summed E-state index contributed by atoms with van der Waals surface area (Å²) >= 11 is 2.02. The first-order valence-electron chi connectivity index (χ1n) is 8.18. The molecule has 1 unspecified atom stereocenters. The molecule has 134 valence electrons. The van der Waals surface area contributed by atoms with E-state index >= 15 is 0 Å². The summed E-state index contributed by atoms with van der Waals surface area (Å²) in [6.07, 6.45) is 2.22. The largest absolute Gasteiger partial charge is 0.444 e. The Morgan fingerprint density at radius 2 is 2.09 bits per heavy atom. The fourth-order valence-corrected chi connectivity index (χ4v) is 3.49. The maximum absolute atomic E-state index is 11.9. The quantitative estimate of drug-likeness (QED) is 0.592. The SMILES string of the molecule is CN=C(NCCN(C)C(=O)OC(C)(C)C)NCC1(C)CCCS1. The van der Waals surface area contributed by atoms with Gasteiger partial charge in [0.1, 0.15) is 5.60 Å². The molecule has 2 N–H and O–H groups in total. The maximum Gasteiger partial charge on any atom is 0.410 e. The van der Waals surface area contributed by atoms with Gasteiger partial charge < -0.3 is 20.3 Å². The Hall–Kier alpha value is -1.11. The number of amides is 1. The van der Waals surface area contributed by atoms with Crippen LogP contribution in [0.4, 0.5) is 4.79 Å². The van der Waals surface area contributed by atoms with Gasteiger partial charge in [0.05, 0.1) is 0 Å². The second-order valence-corrected chi connectivity index (χ2v) is 8.84. The Morgan fingerprint density at radius 3 is 2.61 bits per heavy atom. The Morgan fingerprint density at radius 1 is 1.39 bits per heavy atom. The number of carbonyl (C=O) groups is 1. The van der Waals surface area contributed by atoms with Gasteiger partial charge in [-0.15, -0.1) is 0 Å². The molecule has 0 aromatic carbocycles. The summed E-state index contributed by atoms with van der Waals surface area (Å²) in [7, 11) is 3.50. The van der Waals surface area contributed by atoms with E-state index in [1.807, 2.05) is 32.5 Å².